The fraction of sp³-hybridized carbons (Fsp3) is 0.136. The Morgan fingerprint density at radius 1 is 1.13 bits per heavy atom. The van der Waals surface area contributed by atoms with Crippen molar-refractivity contribution >= 4 is 23.1 Å². The Kier molecular flexibility index (Phi) is 6.25. The molecule has 8 heteroatoms. The van der Waals surface area contributed by atoms with Crippen LogP contribution in [-0.2, 0) is 12.3 Å². The maximum absolute atomic E-state index is 14.2. The number of rotatable bonds is 8. The van der Waals surface area contributed by atoms with Gasteiger partial charge in [-0.15, -0.1) is 28.1 Å². The first-order valence-corrected chi connectivity index (χ1v) is 11.1. The number of methoxy groups -OCH3 is 1. The number of thiazole rings is 1. The minimum absolute atomic E-state index is 0.326. The summed E-state index contributed by atoms with van der Waals surface area (Å²) in [5.41, 5.74) is 2.33. The molecular formula is C22H19FN4OS2. The molecule has 0 radical (unpaired) electrons. The molecular weight excluding hydrogens is 419 g/mol. The normalized spacial score (nSPS) is 10.9. The first-order chi connectivity index (χ1) is 14.7. The molecule has 5 nitrogen and oxygen atoms in total. The van der Waals surface area contributed by atoms with Gasteiger partial charge >= 0.3 is 0 Å². The van der Waals surface area contributed by atoms with Gasteiger partial charge in [0.25, 0.3) is 0 Å². The van der Waals surface area contributed by atoms with Crippen molar-refractivity contribution in [3.8, 4) is 27.7 Å². The van der Waals surface area contributed by atoms with Gasteiger partial charge < -0.3 is 4.74 Å². The average Bonchev–Trinajstić information content (AvgIpc) is 3.40. The molecule has 0 atom stereocenters. The summed E-state index contributed by atoms with van der Waals surface area (Å²) in [5.74, 6) is 1.58. The van der Waals surface area contributed by atoms with Gasteiger partial charge in [-0.2, -0.15) is 0 Å². The first-order valence-electron chi connectivity index (χ1n) is 9.21. The summed E-state index contributed by atoms with van der Waals surface area (Å²) in [4.78, 5) is 4.74. The van der Waals surface area contributed by atoms with E-state index in [4.69, 9.17) is 9.72 Å². The van der Waals surface area contributed by atoms with Crippen LogP contribution in [0.15, 0.2) is 71.7 Å². The van der Waals surface area contributed by atoms with Crippen LogP contribution in [0.3, 0.4) is 0 Å². The van der Waals surface area contributed by atoms with Crippen molar-refractivity contribution in [3.05, 3.63) is 78.1 Å². The van der Waals surface area contributed by atoms with E-state index in [1.54, 1.807) is 42.7 Å². The average molecular weight is 439 g/mol. The fourth-order valence-electron chi connectivity index (χ4n) is 2.99. The van der Waals surface area contributed by atoms with Gasteiger partial charge in [-0.1, -0.05) is 42.1 Å². The highest BCUT2D eigenvalue weighted by atomic mass is 32.2. The topological polar surface area (TPSA) is 52.8 Å². The van der Waals surface area contributed by atoms with Crippen molar-refractivity contribution < 1.29 is 9.13 Å². The van der Waals surface area contributed by atoms with E-state index in [0.717, 1.165) is 22.0 Å². The molecule has 0 spiro atoms. The number of halogens is 1. The van der Waals surface area contributed by atoms with Crippen LogP contribution in [0.25, 0.3) is 22.0 Å². The number of para-hydroxylation sites is 1. The molecule has 0 aliphatic rings. The molecule has 4 rings (SSSR count). The molecule has 0 bridgehead atoms. The molecule has 2 aromatic heterocycles. The van der Waals surface area contributed by atoms with Crippen molar-refractivity contribution in [1.29, 1.82) is 0 Å². The summed E-state index contributed by atoms with van der Waals surface area (Å²) >= 11 is 3.08. The number of ether oxygens (including phenoxy) is 1. The van der Waals surface area contributed by atoms with E-state index < -0.39 is 0 Å². The number of benzene rings is 2. The molecule has 0 fully saturated rings. The smallest absolute Gasteiger partial charge is 0.192 e. The third kappa shape index (κ3) is 4.15. The summed E-state index contributed by atoms with van der Waals surface area (Å²) in [5, 5.41) is 12.1. The van der Waals surface area contributed by atoms with Gasteiger partial charge in [0.05, 0.1) is 23.9 Å². The van der Waals surface area contributed by atoms with Crippen LogP contribution >= 0.6 is 23.1 Å². The summed E-state index contributed by atoms with van der Waals surface area (Å²) in [7, 11) is 1.66. The van der Waals surface area contributed by atoms with Gasteiger partial charge in [0, 0.05) is 17.7 Å². The van der Waals surface area contributed by atoms with Crippen LogP contribution in [-0.4, -0.2) is 26.9 Å². The minimum atomic E-state index is -0.326. The lowest BCUT2D eigenvalue weighted by molar-refractivity contribution is 0.416. The Bertz CT molecular complexity index is 1170. The van der Waals surface area contributed by atoms with Crippen molar-refractivity contribution in [2.75, 3.05) is 7.11 Å². The number of aromatic nitrogens is 4. The van der Waals surface area contributed by atoms with E-state index in [0.29, 0.717) is 28.8 Å². The lowest BCUT2D eigenvalue weighted by Gasteiger charge is -2.08. The maximum atomic E-state index is 14.2. The lowest BCUT2D eigenvalue weighted by atomic mass is 10.2. The fourth-order valence-corrected chi connectivity index (χ4v) is 4.78. The van der Waals surface area contributed by atoms with Crippen LogP contribution in [0.5, 0.6) is 5.75 Å². The Hall–Kier alpha value is -2.97. The Morgan fingerprint density at radius 3 is 2.67 bits per heavy atom. The second-order valence-corrected chi connectivity index (χ2v) is 8.12. The molecule has 30 heavy (non-hydrogen) atoms. The highest BCUT2D eigenvalue weighted by molar-refractivity contribution is 7.98. The standard InChI is InChI=1S/C22H19FN4OS2/c1-3-12-27-20(16-8-4-6-10-18(16)23)25-26-22(27)30-14-15-13-29-21(24-15)17-9-5-7-11-19(17)28-2/h3-11,13H,1,12,14H2,2H3. The number of nitrogens with zero attached hydrogens (tertiary/aromatic N) is 4. The third-order valence-electron chi connectivity index (χ3n) is 4.38. The quantitative estimate of drug-likeness (QED) is 0.261. The molecule has 0 unspecified atom stereocenters. The van der Waals surface area contributed by atoms with E-state index in [1.165, 1.54) is 17.8 Å². The van der Waals surface area contributed by atoms with Gasteiger partial charge in [-0.05, 0) is 24.3 Å². The van der Waals surface area contributed by atoms with Crippen molar-refractivity contribution in [3.63, 3.8) is 0 Å². The van der Waals surface area contributed by atoms with Gasteiger partial charge in [0.2, 0.25) is 0 Å². The van der Waals surface area contributed by atoms with E-state index in [9.17, 15) is 4.39 Å². The second kappa shape index (κ2) is 9.23. The number of hydrogen-bond donors (Lipinski definition) is 0. The van der Waals surface area contributed by atoms with Gasteiger partial charge in [0.15, 0.2) is 11.0 Å². The molecule has 2 aromatic carbocycles. The Balaban J connectivity index is 1.56. The summed E-state index contributed by atoms with van der Waals surface area (Å²) < 4.78 is 21.5. The second-order valence-electron chi connectivity index (χ2n) is 6.32. The van der Waals surface area contributed by atoms with Crippen LogP contribution < -0.4 is 4.74 Å². The van der Waals surface area contributed by atoms with E-state index in [2.05, 4.69) is 16.8 Å². The predicted octanol–water partition coefficient (Wildman–Crippen LogP) is 5.69. The molecule has 0 N–H and O–H groups in total. The zero-order valence-electron chi connectivity index (χ0n) is 16.3. The Morgan fingerprint density at radius 2 is 1.90 bits per heavy atom. The molecule has 0 saturated heterocycles. The molecule has 152 valence electrons. The number of allylic oxidation sites excluding steroid dienone is 1. The number of hydrogen-bond acceptors (Lipinski definition) is 6. The SMILES string of the molecule is C=CCn1c(SCc2csc(-c3ccccc3OC)n2)nnc1-c1ccccc1F. The molecule has 4 aromatic rings. The molecule has 0 saturated carbocycles. The van der Waals surface area contributed by atoms with Crippen molar-refractivity contribution in [2.24, 2.45) is 0 Å². The summed E-state index contributed by atoms with van der Waals surface area (Å²) in [6.07, 6.45) is 1.75. The summed E-state index contributed by atoms with van der Waals surface area (Å²) in [6.45, 7) is 4.29. The van der Waals surface area contributed by atoms with E-state index >= 15 is 0 Å². The molecule has 0 aliphatic carbocycles. The largest absolute Gasteiger partial charge is 0.496 e. The van der Waals surface area contributed by atoms with Crippen LogP contribution in [0.1, 0.15) is 5.69 Å². The van der Waals surface area contributed by atoms with Crippen molar-refractivity contribution in [1.82, 2.24) is 19.7 Å². The van der Waals surface area contributed by atoms with Crippen LogP contribution in [0, 0.1) is 5.82 Å². The number of thioether (sulfide) groups is 1. The minimum Gasteiger partial charge on any atom is -0.496 e. The van der Waals surface area contributed by atoms with Crippen LogP contribution in [0.4, 0.5) is 4.39 Å². The van der Waals surface area contributed by atoms with Crippen molar-refractivity contribution in [2.45, 2.75) is 17.5 Å². The van der Waals surface area contributed by atoms with E-state index in [1.807, 2.05) is 34.2 Å². The molecule has 0 aliphatic heterocycles. The lowest BCUT2D eigenvalue weighted by Crippen LogP contribution is -2.01. The van der Waals surface area contributed by atoms with Crippen LogP contribution in [0.2, 0.25) is 0 Å². The van der Waals surface area contributed by atoms with Gasteiger partial charge in [0.1, 0.15) is 16.6 Å². The first kappa shape index (κ1) is 20.3. The Labute approximate surface area is 182 Å². The highest BCUT2D eigenvalue weighted by Crippen LogP contribution is 2.34. The maximum Gasteiger partial charge on any atom is 0.192 e. The van der Waals surface area contributed by atoms with Gasteiger partial charge in [-0.3, -0.25) is 4.57 Å². The third-order valence-corrected chi connectivity index (χ3v) is 6.31. The predicted molar refractivity (Wildman–Crippen MR) is 119 cm³/mol. The van der Waals surface area contributed by atoms with E-state index in [-0.39, 0.29) is 5.82 Å². The molecule has 0 amide bonds. The monoisotopic (exact) mass is 438 g/mol. The van der Waals surface area contributed by atoms with Gasteiger partial charge in [-0.25, -0.2) is 9.37 Å². The zero-order valence-corrected chi connectivity index (χ0v) is 17.9. The summed E-state index contributed by atoms with van der Waals surface area (Å²) in [6, 6.07) is 14.4. The molecule has 2 heterocycles. The zero-order chi connectivity index (χ0) is 20.9. The highest BCUT2D eigenvalue weighted by Gasteiger charge is 2.17.